The molecule has 0 spiro atoms. The van der Waals surface area contributed by atoms with Crippen molar-refractivity contribution in [3.63, 3.8) is 0 Å². The molecule has 2 aromatic rings. The second-order valence-corrected chi connectivity index (χ2v) is 7.32. The number of amides is 3. The molecule has 0 radical (unpaired) electrons. The van der Waals surface area contributed by atoms with Crippen molar-refractivity contribution in [1.29, 1.82) is 0 Å². The molecule has 0 unspecified atom stereocenters. The minimum atomic E-state index is -0.455. The van der Waals surface area contributed by atoms with Gasteiger partial charge in [0.25, 0.3) is 0 Å². The minimum absolute atomic E-state index is 0.0154. The van der Waals surface area contributed by atoms with Gasteiger partial charge in [0.15, 0.2) is 0 Å². The Balaban J connectivity index is 1.40. The zero-order chi connectivity index (χ0) is 18.2. The smallest absolute Gasteiger partial charge is 0.411 e. The summed E-state index contributed by atoms with van der Waals surface area (Å²) in [5, 5.41) is 10.5. The summed E-state index contributed by atoms with van der Waals surface area (Å²) in [5.74, 6) is 0. The zero-order valence-electron chi connectivity index (χ0n) is 14.4. The van der Waals surface area contributed by atoms with Crippen molar-refractivity contribution < 1.29 is 14.3 Å². The molecule has 1 aliphatic rings. The minimum Gasteiger partial charge on any atom is -0.446 e. The first-order chi connectivity index (χ1) is 12.7. The molecular formula is C19H23N3O3S. The second kappa shape index (κ2) is 9.24. The van der Waals surface area contributed by atoms with Gasteiger partial charge in [0.2, 0.25) is 0 Å². The molecule has 7 heteroatoms. The van der Waals surface area contributed by atoms with Crippen LogP contribution in [0.15, 0.2) is 47.8 Å². The third-order valence-electron chi connectivity index (χ3n) is 4.26. The van der Waals surface area contributed by atoms with E-state index in [0.717, 1.165) is 24.1 Å². The Bertz CT molecular complexity index is 706. The maximum absolute atomic E-state index is 12.0. The number of hydrogen-bond acceptors (Lipinski definition) is 4. The number of nitrogens with one attached hydrogen (secondary N) is 3. The van der Waals surface area contributed by atoms with E-state index in [2.05, 4.69) is 16.0 Å². The van der Waals surface area contributed by atoms with Gasteiger partial charge in [0, 0.05) is 23.0 Å². The monoisotopic (exact) mass is 373 g/mol. The average Bonchev–Trinajstić information content (AvgIpc) is 3.14. The molecule has 0 saturated heterocycles. The van der Waals surface area contributed by atoms with Crippen molar-refractivity contribution in [3.8, 4) is 0 Å². The molecule has 1 fully saturated rings. The summed E-state index contributed by atoms with van der Waals surface area (Å²) in [7, 11) is 0. The van der Waals surface area contributed by atoms with Crippen LogP contribution in [0.25, 0.3) is 0 Å². The highest BCUT2D eigenvalue weighted by atomic mass is 32.1. The molecule has 1 saturated carbocycles. The molecule has 3 N–H and O–H groups in total. The van der Waals surface area contributed by atoms with Crippen molar-refractivity contribution in [2.75, 3.05) is 5.32 Å². The summed E-state index contributed by atoms with van der Waals surface area (Å²) in [6, 6.07) is 13.0. The van der Waals surface area contributed by atoms with E-state index < -0.39 is 6.09 Å². The van der Waals surface area contributed by atoms with Crippen molar-refractivity contribution in [1.82, 2.24) is 10.6 Å². The Kier molecular flexibility index (Phi) is 6.49. The van der Waals surface area contributed by atoms with Gasteiger partial charge in [-0.25, -0.2) is 9.59 Å². The predicted octanol–water partition coefficient (Wildman–Crippen LogP) is 4.11. The molecular weight excluding hydrogens is 350 g/mol. The first-order valence-electron chi connectivity index (χ1n) is 8.78. The number of benzene rings is 1. The molecule has 1 aromatic heterocycles. The van der Waals surface area contributed by atoms with Gasteiger partial charge in [-0.1, -0.05) is 24.3 Å². The fourth-order valence-electron chi connectivity index (χ4n) is 3.02. The summed E-state index contributed by atoms with van der Waals surface area (Å²) in [6.07, 6.45) is 2.62. The quantitative estimate of drug-likeness (QED) is 0.738. The second-order valence-electron chi connectivity index (χ2n) is 6.29. The number of urea groups is 1. The molecule has 0 bridgehead atoms. The Morgan fingerprint density at radius 3 is 2.73 bits per heavy atom. The van der Waals surface area contributed by atoms with Gasteiger partial charge in [-0.2, -0.15) is 0 Å². The van der Waals surface area contributed by atoms with E-state index in [-0.39, 0.29) is 18.2 Å². The topological polar surface area (TPSA) is 79.5 Å². The van der Waals surface area contributed by atoms with Crippen molar-refractivity contribution >= 4 is 29.1 Å². The predicted molar refractivity (Wildman–Crippen MR) is 102 cm³/mol. The molecule has 2 atom stereocenters. The number of carbonyl (C=O) groups excluding carboxylic acids is 2. The van der Waals surface area contributed by atoms with Gasteiger partial charge in [-0.05, 0) is 42.8 Å². The molecule has 6 nitrogen and oxygen atoms in total. The van der Waals surface area contributed by atoms with Gasteiger partial charge < -0.3 is 15.4 Å². The molecule has 1 aliphatic carbocycles. The first kappa shape index (κ1) is 18.3. The van der Waals surface area contributed by atoms with Crippen LogP contribution in [0.1, 0.15) is 30.6 Å². The van der Waals surface area contributed by atoms with Crippen molar-refractivity contribution in [2.45, 2.75) is 44.4 Å². The van der Waals surface area contributed by atoms with Gasteiger partial charge in [0.05, 0.1) is 6.54 Å². The normalized spacial score (nSPS) is 19.4. The molecule has 3 amide bonds. The molecule has 0 aliphatic heterocycles. The third kappa shape index (κ3) is 5.77. The lowest BCUT2D eigenvalue weighted by Gasteiger charge is -2.29. The van der Waals surface area contributed by atoms with Crippen LogP contribution >= 0.6 is 11.3 Å². The van der Waals surface area contributed by atoms with E-state index in [1.54, 1.807) is 11.3 Å². The lowest BCUT2D eigenvalue weighted by molar-refractivity contribution is 0.0776. The SMILES string of the molecule is O=C(NCc1cccs1)N[C@H]1CCC[C@@H](OC(=O)Nc2ccccc2)C1. The fourth-order valence-corrected chi connectivity index (χ4v) is 3.66. The third-order valence-corrected chi connectivity index (χ3v) is 5.13. The Labute approximate surface area is 156 Å². The number of para-hydroxylation sites is 1. The van der Waals surface area contributed by atoms with E-state index in [1.807, 2.05) is 47.8 Å². The van der Waals surface area contributed by atoms with E-state index >= 15 is 0 Å². The van der Waals surface area contributed by atoms with Crippen LogP contribution in [0.2, 0.25) is 0 Å². The summed E-state index contributed by atoms with van der Waals surface area (Å²) in [5.41, 5.74) is 0.705. The Hall–Kier alpha value is -2.54. The number of rotatable bonds is 5. The summed E-state index contributed by atoms with van der Waals surface area (Å²) in [6.45, 7) is 0.523. The van der Waals surface area contributed by atoms with Gasteiger partial charge >= 0.3 is 12.1 Å². The average molecular weight is 373 g/mol. The Morgan fingerprint density at radius 1 is 1.12 bits per heavy atom. The van der Waals surface area contributed by atoms with Crippen LogP contribution in [0, 0.1) is 0 Å². The highest BCUT2D eigenvalue weighted by Gasteiger charge is 2.26. The summed E-state index contributed by atoms with van der Waals surface area (Å²) in [4.78, 5) is 25.2. The molecule has 138 valence electrons. The van der Waals surface area contributed by atoms with Crippen LogP contribution in [0.5, 0.6) is 0 Å². The van der Waals surface area contributed by atoms with Crippen molar-refractivity contribution in [3.05, 3.63) is 52.7 Å². The van der Waals surface area contributed by atoms with E-state index in [1.165, 1.54) is 0 Å². The summed E-state index contributed by atoms with van der Waals surface area (Å²) >= 11 is 1.61. The van der Waals surface area contributed by atoms with Gasteiger partial charge in [0.1, 0.15) is 6.10 Å². The number of carbonyl (C=O) groups is 2. The molecule has 1 heterocycles. The maximum atomic E-state index is 12.0. The standard InChI is InChI=1S/C19H23N3O3S/c23-18(20-13-17-10-5-11-26-17)21-15-8-4-9-16(12-15)25-19(24)22-14-6-2-1-3-7-14/h1-3,5-7,10-11,15-16H,4,8-9,12-13H2,(H,22,24)(H2,20,21,23)/t15-,16+/m0/s1. The van der Waals surface area contributed by atoms with Crippen LogP contribution in [0.4, 0.5) is 15.3 Å². The van der Waals surface area contributed by atoms with Crippen LogP contribution in [-0.4, -0.2) is 24.3 Å². The Morgan fingerprint density at radius 2 is 1.96 bits per heavy atom. The first-order valence-corrected chi connectivity index (χ1v) is 9.66. The molecule has 1 aromatic carbocycles. The van der Waals surface area contributed by atoms with E-state index in [4.69, 9.17) is 4.74 Å². The zero-order valence-corrected chi connectivity index (χ0v) is 15.3. The van der Waals surface area contributed by atoms with Gasteiger partial charge in [-0.15, -0.1) is 11.3 Å². The lowest BCUT2D eigenvalue weighted by Crippen LogP contribution is -2.45. The van der Waals surface area contributed by atoms with Crippen LogP contribution in [-0.2, 0) is 11.3 Å². The number of ether oxygens (including phenoxy) is 1. The van der Waals surface area contributed by atoms with Crippen LogP contribution < -0.4 is 16.0 Å². The molecule has 3 rings (SSSR count). The van der Waals surface area contributed by atoms with Crippen molar-refractivity contribution in [2.24, 2.45) is 0 Å². The summed E-state index contributed by atoms with van der Waals surface area (Å²) < 4.78 is 5.51. The van der Waals surface area contributed by atoms with E-state index in [0.29, 0.717) is 18.7 Å². The number of thiophene rings is 1. The highest BCUT2D eigenvalue weighted by molar-refractivity contribution is 7.09. The van der Waals surface area contributed by atoms with Crippen LogP contribution in [0.3, 0.4) is 0 Å². The largest absolute Gasteiger partial charge is 0.446 e. The fraction of sp³-hybridized carbons (Fsp3) is 0.368. The maximum Gasteiger partial charge on any atom is 0.411 e. The highest BCUT2D eigenvalue weighted by Crippen LogP contribution is 2.22. The van der Waals surface area contributed by atoms with E-state index in [9.17, 15) is 9.59 Å². The van der Waals surface area contributed by atoms with Gasteiger partial charge in [-0.3, -0.25) is 5.32 Å². The number of anilines is 1. The molecule has 26 heavy (non-hydrogen) atoms. The lowest BCUT2D eigenvalue weighted by atomic mass is 9.93. The number of hydrogen-bond donors (Lipinski definition) is 3.